The first-order valence-electron chi connectivity index (χ1n) is 3.62. The van der Waals surface area contributed by atoms with E-state index in [9.17, 15) is 4.79 Å². The zero-order chi connectivity index (χ0) is 8.97. The molecule has 12 heavy (non-hydrogen) atoms. The first-order valence-corrected chi connectivity index (χ1v) is 5.15. The topological polar surface area (TPSA) is 42.2 Å². The lowest BCUT2D eigenvalue weighted by atomic mass is 10.2. The Morgan fingerprint density at radius 1 is 1.83 bits per heavy atom. The number of alkyl halides is 1. The minimum Gasteiger partial charge on any atom is -0.467 e. The Hall–Kier alpha value is -0.520. The number of halogens is 1. The summed E-state index contributed by atoms with van der Waals surface area (Å²) in [6.07, 6.45) is 1.60. The van der Waals surface area contributed by atoms with Gasteiger partial charge in [-0.2, -0.15) is 0 Å². The number of carbonyl (C=O) groups excluding carboxylic acids is 1. The molecule has 1 aromatic rings. The van der Waals surface area contributed by atoms with Gasteiger partial charge in [0.25, 0.3) is 0 Å². The van der Waals surface area contributed by atoms with Gasteiger partial charge in [-0.15, -0.1) is 0 Å². The van der Waals surface area contributed by atoms with Crippen molar-refractivity contribution in [2.24, 2.45) is 0 Å². The van der Waals surface area contributed by atoms with Crippen LogP contribution in [0.3, 0.4) is 0 Å². The predicted molar refractivity (Wildman–Crippen MR) is 54.2 cm³/mol. The Morgan fingerprint density at radius 3 is 3.08 bits per heavy atom. The molecule has 0 bridgehead atoms. The normalized spacial score (nSPS) is 12.5. The fourth-order valence-electron chi connectivity index (χ4n) is 0.889. The van der Waals surface area contributed by atoms with E-state index in [0.29, 0.717) is 4.43 Å². The number of hydrogen-bond donors (Lipinski definition) is 1. The molecule has 0 fully saturated rings. The van der Waals surface area contributed by atoms with Gasteiger partial charge in [0.2, 0.25) is 5.91 Å². The van der Waals surface area contributed by atoms with Gasteiger partial charge < -0.3 is 9.73 Å². The molecular formula is C8H10INO2. The lowest BCUT2D eigenvalue weighted by Gasteiger charge is -2.09. The largest absolute Gasteiger partial charge is 0.467 e. The molecule has 66 valence electrons. The Morgan fingerprint density at radius 2 is 2.58 bits per heavy atom. The van der Waals surface area contributed by atoms with Gasteiger partial charge >= 0.3 is 0 Å². The van der Waals surface area contributed by atoms with Crippen LogP contribution in [0.4, 0.5) is 0 Å². The minimum atomic E-state index is -0.0396. The third-order valence-electron chi connectivity index (χ3n) is 1.47. The second-order valence-electron chi connectivity index (χ2n) is 2.44. The van der Waals surface area contributed by atoms with E-state index in [1.807, 2.05) is 41.6 Å². The molecule has 1 rings (SSSR count). The lowest BCUT2D eigenvalue weighted by molar-refractivity contribution is -0.119. The first kappa shape index (κ1) is 9.57. The predicted octanol–water partition coefficient (Wildman–Crippen LogP) is 1.89. The molecule has 0 aliphatic heterocycles. The molecule has 3 nitrogen and oxygen atoms in total. The molecule has 4 heteroatoms. The Balaban J connectivity index is 2.49. The van der Waals surface area contributed by atoms with Crippen molar-refractivity contribution in [3.63, 3.8) is 0 Å². The summed E-state index contributed by atoms with van der Waals surface area (Å²) in [5.74, 6) is 0.813. The number of amides is 1. The number of furan rings is 1. The molecule has 0 spiro atoms. The van der Waals surface area contributed by atoms with Gasteiger partial charge in [0.15, 0.2) is 0 Å². The maximum absolute atomic E-state index is 11.0. The maximum atomic E-state index is 11.0. The van der Waals surface area contributed by atoms with Crippen LogP contribution in [0.1, 0.15) is 18.7 Å². The molecule has 1 atom stereocenters. The van der Waals surface area contributed by atoms with Gasteiger partial charge in [-0.05, 0) is 19.1 Å². The summed E-state index contributed by atoms with van der Waals surface area (Å²) in [5, 5.41) is 2.79. The zero-order valence-electron chi connectivity index (χ0n) is 6.71. The van der Waals surface area contributed by atoms with E-state index in [4.69, 9.17) is 4.42 Å². The summed E-state index contributed by atoms with van der Waals surface area (Å²) < 4.78 is 5.60. The minimum absolute atomic E-state index is 0.0273. The second-order valence-corrected chi connectivity index (χ2v) is 3.20. The van der Waals surface area contributed by atoms with Crippen molar-refractivity contribution in [3.8, 4) is 0 Å². The highest BCUT2D eigenvalue weighted by atomic mass is 127. The van der Waals surface area contributed by atoms with Crippen LogP contribution >= 0.6 is 22.6 Å². The van der Waals surface area contributed by atoms with Crippen molar-refractivity contribution >= 4 is 28.5 Å². The van der Waals surface area contributed by atoms with Crippen LogP contribution in [0, 0.1) is 0 Å². The standard InChI is InChI=1S/C8H10INO2/c1-6(10-8(11)5-9)7-3-2-4-12-7/h2-4,6H,5H2,1H3,(H,10,11). The van der Waals surface area contributed by atoms with Crippen LogP contribution in [0.15, 0.2) is 22.8 Å². The highest BCUT2D eigenvalue weighted by molar-refractivity contribution is 14.1. The van der Waals surface area contributed by atoms with Crippen molar-refractivity contribution in [2.45, 2.75) is 13.0 Å². The van der Waals surface area contributed by atoms with Gasteiger partial charge in [-0.3, -0.25) is 4.79 Å². The van der Waals surface area contributed by atoms with E-state index in [1.165, 1.54) is 0 Å². The van der Waals surface area contributed by atoms with Gasteiger partial charge in [0, 0.05) is 0 Å². The molecule has 0 aliphatic carbocycles. The first-order chi connectivity index (χ1) is 5.74. The van der Waals surface area contributed by atoms with E-state index in [1.54, 1.807) is 6.26 Å². The molecule has 1 aromatic heterocycles. The van der Waals surface area contributed by atoms with Gasteiger partial charge in [0.1, 0.15) is 5.76 Å². The van der Waals surface area contributed by atoms with E-state index in [2.05, 4.69) is 5.32 Å². The molecule has 0 saturated carbocycles. The Bertz CT molecular complexity index is 246. The maximum Gasteiger partial charge on any atom is 0.230 e. The SMILES string of the molecule is CC(NC(=O)CI)c1ccco1. The van der Waals surface area contributed by atoms with Crippen molar-refractivity contribution in [1.82, 2.24) is 5.32 Å². The van der Waals surface area contributed by atoms with Crippen LogP contribution in [-0.4, -0.2) is 10.3 Å². The fourth-order valence-corrected chi connectivity index (χ4v) is 1.11. The average molecular weight is 279 g/mol. The summed E-state index contributed by atoms with van der Waals surface area (Å²) in [5.41, 5.74) is 0. The average Bonchev–Trinajstić information content (AvgIpc) is 2.56. The van der Waals surface area contributed by atoms with Gasteiger partial charge in [-0.1, -0.05) is 22.6 Å². The molecule has 1 heterocycles. The number of hydrogen-bond acceptors (Lipinski definition) is 2. The smallest absolute Gasteiger partial charge is 0.230 e. The highest BCUT2D eigenvalue weighted by Gasteiger charge is 2.09. The molecule has 1 amide bonds. The lowest BCUT2D eigenvalue weighted by Crippen LogP contribution is -2.26. The van der Waals surface area contributed by atoms with Gasteiger partial charge in [0.05, 0.1) is 16.7 Å². The molecule has 0 aromatic carbocycles. The Labute approximate surface area is 84.7 Å². The summed E-state index contributed by atoms with van der Waals surface area (Å²) in [6.45, 7) is 1.89. The fraction of sp³-hybridized carbons (Fsp3) is 0.375. The number of carbonyl (C=O) groups is 1. The number of nitrogens with one attached hydrogen (secondary N) is 1. The Kier molecular flexibility index (Phi) is 3.58. The highest BCUT2D eigenvalue weighted by Crippen LogP contribution is 2.11. The summed E-state index contributed by atoms with van der Waals surface area (Å²) in [6, 6.07) is 3.61. The summed E-state index contributed by atoms with van der Waals surface area (Å²) in [7, 11) is 0. The van der Waals surface area contributed by atoms with Gasteiger partial charge in [-0.25, -0.2) is 0 Å². The van der Waals surface area contributed by atoms with E-state index >= 15 is 0 Å². The van der Waals surface area contributed by atoms with Crippen LogP contribution in [0.25, 0.3) is 0 Å². The van der Waals surface area contributed by atoms with Crippen LogP contribution < -0.4 is 5.32 Å². The molecule has 0 aliphatic rings. The quantitative estimate of drug-likeness (QED) is 0.678. The van der Waals surface area contributed by atoms with Crippen LogP contribution in [0.5, 0.6) is 0 Å². The van der Waals surface area contributed by atoms with Crippen LogP contribution in [-0.2, 0) is 4.79 Å². The van der Waals surface area contributed by atoms with Crippen molar-refractivity contribution in [1.29, 1.82) is 0 Å². The second kappa shape index (κ2) is 4.49. The number of rotatable bonds is 3. The van der Waals surface area contributed by atoms with Crippen LogP contribution in [0.2, 0.25) is 0 Å². The van der Waals surface area contributed by atoms with E-state index in [0.717, 1.165) is 5.76 Å². The molecule has 1 N–H and O–H groups in total. The third kappa shape index (κ3) is 2.51. The van der Waals surface area contributed by atoms with E-state index in [-0.39, 0.29) is 11.9 Å². The van der Waals surface area contributed by atoms with E-state index < -0.39 is 0 Å². The van der Waals surface area contributed by atoms with Crippen molar-refractivity contribution in [2.75, 3.05) is 4.43 Å². The summed E-state index contributed by atoms with van der Waals surface area (Å²) >= 11 is 2.02. The van der Waals surface area contributed by atoms with Crippen molar-refractivity contribution in [3.05, 3.63) is 24.2 Å². The summed E-state index contributed by atoms with van der Waals surface area (Å²) in [4.78, 5) is 11.0. The third-order valence-corrected chi connectivity index (χ3v) is 2.16. The monoisotopic (exact) mass is 279 g/mol. The molecular weight excluding hydrogens is 269 g/mol. The molecule has 0 radical (unpaired) electrons. The zero-order valence-corrected chi connectivity index (χ0v) is 8.87. The molecule has 1 unspecified atom stereocenters. The molecule has 0 saturated heterocycles. The van der Waals surface area contributed by atoms with Crippen molar-refractivity contribution < 1.29 is 9.21 Å².